The van der Waals surface area contributed by atoms with Gasteiger partial charge in [0.25, 0.3) is 20.0 Å². The molecule has 0 fully saturated rings. The SMILES string of the molecule is CC(=O)Nc1ccc(S(=O)(=O)Nc2ccc(Oc3ccc(NS(=O)(=O)c4ccc(NC(C)=O)cc4)cc3)cc2)cc1. The number of carbonyl (C=O) groups excluding carboxylic acids is 2. The lowest BCUT2D eigenvalue weighted by Gasteiger charge is -2.11. The van der Waals surface area contributed by atoms with Crippen molar-refractivity contribution in [2.45, 2.75) is 23.6 Å². The number of ether oxygens (including phenoxy) is 1. The number of amides is 2. The van der Waals surface area contributed by atoms with E-state index in [4.69, 9.17) is 4.74 Å². The van der Waals surface area contributed by atoms with Gasteiger partial charge in [0, 0.05) is 36.6 Å². The van der Waals surface area contributed by atoms with Crippen LogP contribution >= 0.6 is 0 Å². The van der Waals surface area contributed by atoms with Crippen LogP contribution in [0.4, 0.5) is 22.7 Å². The average Bonchev–Trinajstić information content (AvgIpc) is 2.90. The molecule has 212 valence electrons. The Bertz CT molecular complexity index is 1620. The molecule has 4 aromatic carbocycles. The smallest absolute Gasteiger partial charge is 0.261 e. The Hall–Kier alpha value is -4.88. The Balaban J connectivity index is 1.35. The molecule has 0 heterocycles. The molecular formula is C28H26N4O7S2. The van der Waals surface area contributed by atoms with Crippen LogP contribution in [-0.2, 0) is 29.6 Å². The summed E-state index contributed by atoms with van der Waals surface area (Å²) in [5.41, 5.74) is 1.60. The lowest BCUT2D eigenvalue weighted by atomic mass is 10.3. The molecule has 4 aromatic rings. The molecule has 4 rings (SSSR count). The number of hydrogen-bond acceptors (Lipinski definition) is 7. The largest absolute Gasteiger partial charge is 0.457 e. The van der Waals surface area contributed by atoms with Gasteiger partial charge in [-0.2, -0.15) is 0 Å². The van der Waals surface area contributed by atoms with E-state index in [2.05, 4.69) is 20.1 Å². The molecule has 0 atom stereocenters. The van der Waals surface area contributed by atoms with Crippen LogP contribution in [0.2, 0.25) is 0 Å². The highest BCUT2D eigenvalue weighted by molar-refractivity contribution is 7.93. The van der Waals surface area contributed by atoms with E-state index in [0.717, 1.165) is 0 Å². The summed E-state index contributed by atoms with van der Waals surface area (Å²) in [6.45, 7) is 2.72. The van der Waals surface area contributed by atoms with Crippen molar-refractivity contribution in [1.82, 2.24) is 0 Å². The van der Waals surface area contributed by atoms with Gasteiger partial charge in [-0.15, -0.1) is 0 Å². The summed E-state index contributed by atoms with van der Waals surface area (Å²) in [4.78, 5) is 22.3. The molecular weight excluding hydrogens is 568 g/mol. The van der Waals surface area contributed by atoms with Gasteiger partial charge in [0.15, 0.2) is 0 Å². The van der Waals surface area contributed by atoms with E-state index < -0.39 is 20.0 Å². The summed E-state index contributed by atoms with van der Waals surface area (Å²) < 4.78 is 61.5. The Labute approximate surface area is 237 Å². The van der Waals surface area contributed by atoms with E-state index in [0.29, 0.717) is 34.2 Å². The summed E-state index contributed by atoms with van der Waals surface area (Å²) in [5.74, 6) is 0.342. The fourth-order valence-corrected chi connectivity index (χ4v) is 5.70. The van der Waals surface area contributed by atoms with Gasteiger partial charge in [0.05, 0.1) is 9.79 Å². The van der Waals surface area contributed by atoms with E-state index in [-0.39, 0.29) is 21.6 Å². The molecule has 0 aliphatic heterocycles. The van der Waals surface area contributed by atoms with Crippen LogP contribution < -0.4 is 24.8 Å². The molecule has 13 heteroatoms. The molecule has 11 nitrogen and oxygen atoms in total. The van der Waals surface area contributed by atoms with Crippen molar-refractivity contribution in [2.24, 2.45) is 0 Å². The number of anilines is 4. The molecule has 0 aliphatic carbocycles. The Morgan fingerprint density at radius 3 is 1.07 bits per heavy atom. The first kappa shape index (κ1) is 29.1. The van der Waals surface area contributed by atoms with Crippen molar-refractivity contribution in [3.8, 4) is 11.5 Å². The number of benzene rings is 4. The van der Waals surface area contributed by atoms with Gasteiger partial charge in [-0.25, -0.2) is 16.8 Å². The van der Waals surface area contributed by atoms with Crippen LogP contribution in [-0.4, -0.2) is 28.6 Å². The first-order valence-corrected chi connectivity index (χ1v) is 15.1. The Kier molecular flexibility index (Phi) is 8.59. The maximum Gasteiger partial charge on any atom is 0.261 e. The fraction of sp³-hybridized carbons (Fsp3) is 0.0714. The molecule has 2 amide bonds. The number of carbonyl (C=O) groups is 2. The molecule has 41 heavy (non-hydrogen) atoms. The third-order valence-corrected chi connectivity index (χ3v) is 8.21. The molecule has 0 saturated carbocycles. The van der Waals surface area contributed by atoms with Crippen LogP contribution in [0.1, 0.15) is 13.8 Å². The molecule has 0 bridgehead atoms. The Morgan fingerprint density at radius 2 is 0.780 bits per heavy atom. The number of hydrogen-bond donors (Lipinski definition) is 4. The second-order valence-electron chi connectivity index (χ2n) is 8.77. The minimum absolute atomic E-state index is 0.0321. The van der Waals surface area contributed by atoms with Gasteiger partial charge in [-0.3, -0.25) is 19.0 Å². The maximum absolute atomic E-state index is 12.7. The first-order chi connectivity index (χ1) is 19.4. The molecule has 0 radical (unpaired) electrons. The summed E-state index contributed by atoms with van der Waals surface area (Å²) in [5, 5.41) is 5.15. The monoisotopic (exact) mass is 594 g/mol. The van der Waals surface area contributed by atoms with Gasteiger partial charge in [-0.1, -0.05) is 0 Å². The number of sulfonamides is 2. The van der Waals surface area contributed by atoms with E-state index in [1.165, 1.54) is 86.6 Å². The molecule has 0 spiro atoms. The summed E-state index contributed by atoms with van der Waals surface area (Å²) >= 11 is 0. The average molecular weight is 595 g/mol. The lowest BCUT2D eigenvalue weighted by molar-refractivity contribution is -0.115. The van der Waals surface area contributed by atoms with E-state index in [9.17, 15) is 26.4 Å². The van der Waals surface area contributed by atoms with Crippen molar-refractivity contribution < 1.29 is 31.2 Å². The highest BCUT2D eigenvalue weighted by Gasteiger charge is 2.16. The van der Waals surface area contributed by atoms with Gasteiger partial charge in [-0.05, 0) is 97.1 Å². The summed E-state index contributed by atoms with van der Waals surface area (Å²) in [7, 11) is -7.71. The van der Waals surface area contributed by atoms with Crippen molar-refractivity contribution >= 4 is 54.6 Å². The van der Waals surface area contributed by atoms with Crippen LogP contribution in [0.3, 0.4) is 0 Å². The van der Waals surface area contributed by atoms with E-state index in [1.807, 2.05) is 0 Å². The zero-order chi connectivity index (χ0) is 29.6. The predicted octanol–water partition coefficient (Wildman–Crippen LogP) is 5.00. The second-order valence-corrected chi connectivity index (χ2v) is 12.1. The zero-order valence-corrected chi connectivity index (χ0v) is 23.5. The molecule has 0 aromatic heterocycles. The van der Waals surface area contributed by atoms with Crippen molar-refractivity contribution in [3.05, 3.63) is 97.1 Å². The second kappa shape index (κ2) is 12.1. The fourth-order valence-electron chi connectivity index (χ4n) is 3.59. The minimum atomic E-state index is -3.85. The number of rotatable bonds is 10. The quantitative estimate of drug-likeness (QED) is 0.201. The van der Waals surface area contributed by atoms with Crippen molar-refractivity contribution in [1.29, 1.82) is 0 Å². The van der Waals surface area contributed by atoms with Crippen molar-refractivity contribution in [2.75, 3.05) is 20.1 Å². The molecule has 0 saturated heterocycles. The van der Waals surface area contributed by atoms with Crippen LogP contribution in [0.25, 0.3) is 0 Å². The van der Waals surface area contributed by atoms with Crippen molar-refractivity contribution in [3.63, 3.8) is 0 Å². The normalized spacial score (nSPS) is 11.3. The van der Waals surface area contributed by atoms with Gasteiger partial charge in [0.1, 0.15) is 11.5 Å². The molecule has 4 N–H and O–H groups in total. The number of nitrogens with one attached hydrogen (secondary N) is 4. The zero-order valence-electron chi connectivity index (χ0n) is 21.9. The third kappa shape index (κ3) is 8.06. The highest BCUT2D eigenvalue weighted by Crippen LogP contribution is 2.27. The van der Waals surface area contributed by atoms with Crippen LogP contribution in [0.5, 0.6) is 11.5 Å². The first-order valence-electron chi connectivity index (χ1n) is 12.1. The standard InChI is InChI=1S/C28H26N4O7S2/c1-19(33)29-21-7-15-27(16-8-21)40(35,36)31-23-3-11-25(12-4-23)39-26-13-5-24(6-14-26)32-41(37,38)28-17-9-22(10-18-28)30-20(2)34/h3-18,31-32H,1-2H3,(H,29,33)(H,30,34). The van der Waals surface area contributed by atoms with Gasteiger partial charge < -0.3 is 15.4 Å². The summed E-state index contributed by atoms with van der Waals surface area (Å²) in [6.07, 6.45) is 0. The predicted molar refractivity (Wildman–Crippen MR) is 156 cm³/mol. The molecule has 0 aliphatic rings. The topological polar surface area (TPSA) is 160 Å². The summed E-state index contributed by atoms with van der Waals surface area (Å²) in [6, 6.07) is 24.0. The third-order valence-electron chi connectivity index (χ3n) is 5.42. The van der Waals surface area contributed by atoms with E-state index >= 15 is 0 Å². The minimum Gasteiger partial charge on any atom is -0.457 e. The van der Waals surface area contributed by atoms with Gasteiger partial charge >= 0.3 is 0 Å². The van der Waals surface area contributed by atoms with Gasteiger partial charge in [0.2, 0.25) is 11.8 Å². The maximum atomic E-state index is 12.7. The van der Waals surface area contributed by atoms with E-state index in [1.54, 1.807) is 24.3 Å². The Morgan fingerprint density at radius 1 is 0.488 bits per heavy atom. The lowest BCUT2D eigenvalue weighted by Crippen LogP contribution is -2.13. The van der Waals surface area contributed by atoms with Crippen LogP contribution in [0.15, 0.2) is 107 Å². The molecule has 0 unspecified atom stereocenters. The highest BCUT2D eigenvalue weighted by atomic mass is 32.2. The van der Waals surface area contributed by atoms with Crippen LogP contribution in [0, 0.1) is 0 Å².